The number of pyridine rings is 1. The van der Waals surface area contributed by atoms with Crippen LogP contribution in [0, 0.1) is 12.3 Å². The van der Waals surface area contributed by atoms with Gasteiger partial charge >= 0.3 is 6.18 Å². The molecular formula is C27H28F3N7S. The molecule has 0 amide bonds. The summed E-state index contributed by atoms with van der Waals surface area (Å²) in [6.07, 6.45) is 3.03. The molecule has 5 rings (SSSR count). The zero-order valence-corrected chi connectivity index (χ0v) is 21.8. The van der Waals surface area contributed by atoms with Crippen LogP contribution >= 0.6 is 11.9 Å². The van der Waals surface area contributed by atoms with Gasteiger partial charge in [0.25, 0.3) is 0 Å². The minimum absolute atomic E-state index is 0.148. The zero-order chi connectivity index (χ0) is 26.9. The Hall–Kier alpha value is -3.57. The SMILES string of the molecule is Cc1ccc(NC2=C(C=N)CC3(Nc4cc(C(F)(F)F)ccn4)CN(Sc4ccn(C)n4)CCC3=C2)cc1. The number of nitrogens with zero attached hydrogens (tertiary/aromatic N) is 4. The number of rotatable bonds is 7. The molecule has 2 aromatic heterocycles. The molecule has 1 fully saturated rings. The number of allylic oxidation sites excluding steroid dienone is 1. The molecule has 0 bridgehead atoms. The van der Waals surface area contributed by atoms with Crippen molar-refractivity contribution in [3.8, 4) is 0 Å². The van der Waals surface area contributed by atoms with Crippen LogP contribution in [0.5, 0.6) is 0 Å². The molecule has 7 nitrogen and oxygen atoms in total. The first-order chi connectivity index (χ1) is 18.1. The summed E-state index contributed by atoms with van der Waals surface area (Å²) in [5.41, 5.74) is 3.17. The average molecular weight is 540 g/mol. The predicted molar refractivity (Wildman–Crippen MR) is 144 cm³/mol. The summed E-state index contributed by atoms with van der Waals surface area (Å²) in [7, 11) is 1.86. The minimum atomic E-state index is -4.47. The van der Waals surface area contributed by atoms with Crippen molar-refractivity contribution in [2.75, 3.05) is 23.7 Å². The lowest BCUT2D eigenvalue weighted by Gasteiger charge is -2.47. The van der Waals surface area contributed by atoms with E-state index >= 15 is 0 Å². The maximum Gasteiger partial charge on any atom is 0.416 e. The Morgan fingerprint density at radius 2 is 1.95 bits per heavy atom. The number of hydrogen-bond acceptors (Lipinski definition) is 7. The third-order valence-electron chi connectivity index (χ3n) is 6.72. The Kier molecular flexibility index (Phi) is 7.06. The van der Waals surface area contributed by atoms with Crippen LogP contribution in [0.1, 0.15) is 24.0 Å². The fraction of sp³-hybridized carbons (Fsp3) is 0.296. The summed E-state index contributed by atoms with van der Waals surface area (Å²) < 4.78 is 44.3. The first-order valence-electron chi connectivity index (χ1n) is 12.2. The minimum Gasteiger partial charge on any atom is -0.359 e. The molecule has 1 unspecified atom stereocenters. The molecule has 1 saturated heterocycles. The van der Waals surface area contributed by atoms with Gasteiger partial charge in [0.15, 0.2) is 0 Å². The summed E-state index contributed by atoms with van der Waals surface area (Å²) in [6, 6.07) is 11.9. The Morgan fingerprint density at radius 1 is 1.16 bits per heavy atom. The summed E-state index contributed by atoms with van der Waals surface area (Å²) in [4.78, 5) is 4.22. The molecule has 11 heteroatoms. The van der Waals surface area contributed by atoms with E-state index in [0.29, 0.717) is 19.4 Å². The third-order valence-corrected chi connectivity index (χ3v) is 7.69. The van der Waals surface area contributed by atoms with Gasteiger partial charge in [-0.25, -0.2) is 9.29 Å². The first-order valence-corrected chi connectivity index (χ1v) is 12.9. The molecule has 3 aromatic rings. The lowest BCUT2D eigenvalue weighted by atomic mass is 9.75. The molecule has 0 saturated carbocycles. The maximum atomic E-state index is 13.5. The predicted octanol–water partition coefficient (Wildman–Crippen LogP) is 6.05. The average Bonchev–Trinajstić information content (AvgIpc) is 3.29. The number of piperidine rings is 1. The van der Waals surface area contributed by atoms with Gasteiger partial charge in [-0.2, -0.15) is 18.3 Å². The fourth-order valence-electron chi connectivity index (χ4n) is 4.81. The number of alkyl halides is 3. The molecule has 3 heterocycles. The zero-order valence-electron chi connectivity index (χ0n) is 21.0. The number of aromatic nitrogens is 3. The Bertz CT molecular complexity index is 1390. The first kappa shape index (κ1) is 26.1. The highest BCUT2D eigenvalue weighted by atomic mass is 32.2. The normalized spacial score (nSPS) is 20.1. The second-order valence-corrected chi connectivity index (χ2v) is 10.7. The highest BCUT2D eigenvalue weighted by molar-refractivity contribution is 7.97. The highest BCUT2D eigenvalue weighted by Crippen LogP contribution is 2.43. The Balaban J connectivity index is 1.49. The molecule has 198 valence electrons. The van der Waals surface area contributed by atoms with Crippen LogP contribution in [-0.4, -0.2) is 43.9 Å². The number of nitrogens with one attached hydrogen (secondary N) is 3. The van der Waals surface area contributed by atoms with Gasteiger partial charge in [0, 0.05) is 56.6 Å². The van der Waals surface area contributed by atoms with E-state index in [4.69, 9.17) is 5.41 Å². The number of benzene rings is 1. The van der Waals surface area contributed by atoms with Gasteiger partial charge in [0.05, 0.1) is 11.1 Å². The van der Waals surface area contributed by atoms with Crippen LogP contribution < -0.4 is 10.6 Å². The number of halogens is 3. The van der Waals surface area contributed by atoms with E-state index in [1.54, 1.807) is 4.68 Å². The van der Waals surface area contributed by atoms with Crippen molar-refractivity contribution in [1.29, 1.82) is 5.41 Å². The topological polar surface area (TPSA) is 81.9 Å². The van der Waals surface area contributed by atoms with Gasteiger partial charge < -0.3 is 16.0 Å². The van der Waals surface area contributed by atoms with Crippen molar-refractivity contribution >= 4 is 29.7 Å². The summed E-state index contributed by atoms with van der Waals surface area (Å²) >= 11 is 1.52. The molecule has 0 radical (unpaired) electrons. The van der Waals surface area contributed by atoms with E-state index in [9.17, 15) is 13.2 Å². The highest BCUT2D eigenvalue weighted by Gasteiger charge is 2.43. The van der Waals surface area contributed by atoms with E-state index in [2.05, 4.69) is 25.0 Å². The van der Waals surface area contributed by atoms with Crippen molar-refractivity contribution in [2.45, 2.75) is 36.5 Å². The number of hydrogen-bond donors (Lipinski definition) is 3. The van der Waals surface area contributed by atoms with Gasteiger partial charge in [-0.1, -0.05) is 17.7 Å². The molecule has 3 N–H and O–H groups in total. The van der Waals surface area contributed by atoms with Gasteiger partial charge in [-0.05, 0) is 72.8 Å². The van der Waals surface area contributed by atoms with Crippen LogP contribution in [0.4, 0.5) is 24.7 Å². The largest absolute Gasteiger partial charge is 0.416 e. The summed E-state index contributed by atoms with van der Waals surface area (Å²) in [6.45, 7) is 3.25. The van der Waals surface area contributed by atoms with Crippen molar-refractivity contribution in [3.63, 3.8) is 0 Å². The molecule has 1 aliphatic heterocycles. The maximum absolute atomic E-state index is 13.5. The van der Waals surface area contributed by atoms with E-state index in [1.807, 2.05) is 56.6 Å². The van der Waals surface area contributed by atoms with Crippen molar-refractivity contribution in [3.05, 3.63) is 88.9 Å². The third kappa shape index (κ3) is 5.63. The fourth-order valence-corrected chi connectivity index (χ4v) is 5.83. The van der Waals surface area contributed by atoms with Gasteiger partial charge in [0.1, 0.15) is 10.8 Å². The molecule has 2 aliphatic rings. The quantitative estimate of drug-likeness (QED) is 0.250. The molecule has 1 aliphatic carbocycles. The Morgan fingerprint density at radius 3 is 2.63 bits per heavy atom. The van der Waals surface area contributed by atoms with E-state index < -0.39 is 17.3 Å². The lowest BCUT2D eigenvalue weighted by molar-refractivity contribution is -0.137. The lowest BCUT2D eigenvalue weighted by Crippen LogP contribution is -2.54. The molecule has 1 aromatic carbocycles. The van der Waals surface area contributed by atoms with Crippen LogP contribution in [0.2, 0.25) is 0 Å². The molecule has 1 atom stereocenters. The monoisotopic (exact) mass is 539 g/mol. The van der Waals surface area contributed by atoms with Crippen LogP contribution in [0.25, 0.3) is 0 Å². The van der Waals surface area contributed by atoms with Crippen molar-refractivity contribution in [1.82, 2.24) is 19.1 Å². The van der Waals surface area contributed by atoms with E-state index in [0.717, 1.165) is 51.8 Å². The van der Waals surface area contributed by atoms with E-state index in [1.165, 1.54) is 24.4 Å². The van der Waals surface area contributed by atoms with Gasteiger partial charge in [-0.15, -0.1) is 0 Å². The number of anilines is 2. The molecular weight excluding hydrogens is 511 g/mol. The standard InChI is InChI=1S/C27H28F3N7S/c1-18-3-5-22(6-4-18)33-23-13-20-8-12-37(38-25-9-11-36(2)35-25)17-26(20,15-19(23)16-31)34-24-14-21(7-10-32-24)27(28,29)30/h3-7,9-11,13-14,16,31,33H,8,12,15,17H2,1-2H3,(H,32,34). The molecule has 0 spiro atoms. The van der Waals surface area contributed by atoms with Crippen LogP contribution in [0.3, 0.4) is 0 Å². The summed E-state index contributed by atoms with van der Waals surface area (Å²) in [5.74, 6) is 0.148. The second kappa shape index (κ2) is 10.3. The number of fused-ring (bicyclic) bond motifs is 1. The second-order valence-electron chi connectivity index (χ2n) is 9.59. The van der Waals surface area contributed by atoms with Crippen LogP contribution in [0.15, 0.2) is 82.8 Å². The Labute approximate surface area is 223 Å². The van der Waals surface area contributed by atoms with Gasteiger partial charge in [0.2, 0.25) is 0 Å². The van der Waals surface area contributed by atoms with Crippen molar-refractivity contribution < 1.29 is 13.2 Å². The van der Waals surface area contributed by atoms with Crippen molar-refractivity contribution in [2.24, 2.45) is 7.05 Å². The molecule has 38 heavy (non-hydrogen) atoms. The number of aryl methyl sites for hydroxylation is 2. The van der Waals surface area contributed by atoms with Crippen LogP contribution in [-0.2, 0) is 13.2 Å². The summed E-state index contributed by atoms with van der Waals surface area (Å²) in [5, 5.41) is 20.3. The van der Waals surface area contributed by atoms with E-state index in [-0.39, 0.29) is 5.82 Å². The van der Waals surface area contributed by atoms with Gasteiger partial charge in [-0.3, -0.25) is 4.68 Å². The smallest absolute Gasteiger partial charge is 0.359 e.